The number of urea groups is 1. The third-order valence-electron chi connectivity index (χ3n) is 10.9. The first-order chi connectivity index (χ1) is 33.6. The molecule has 4 rings (SSSR count). The van der Waals surface area contributed by atoms with Crippen molar-refractivity contribution < 1.29 is 68.4 Å². The molecule has 0 radical (unpaired) electrons. The summed E-state index contributed by atoms with van der Waals surface area (Å²) in [6.45, 7) is 1.75. The molecule has 0 saturated carbocycles. The van der Waals surface area contributed by atoms with Gasteiger partial charge in [-0.15, -0.1) is 0 Å². The summed E-state index contributed by atoms with van der Waals surface area (Å²) in [6.07, 6.45) is 2.79. The van der Waals surface area contributed by atoms with Crippen molar-refractivity contribution in [1.29, 1.82) is 0 Å². The number of carbonyl (C=O) groups is 7. The van der Waals surface area contributed by atoms with Crippen LogP contribution in [0.15, 0.2) is 89.6 Å². The van der Waals surface area contributed by atoms with Gasteiger partial charge < -0.3 is 41.7 Å². The van der Waals surface area contributed by atoms with Crippen molar-refractivity contribution in [2.24, 2.45) is 0 Å². The molecule has 3 atom stereocenters. The molecule has 3 unspecified atom stereocenters. The normalized spacial score (nSPS) is 12.0. The summed E-state index contributed by atoms with van der Waals surface area (Å²) in [7, 11) is 0. The number of nitrogens with zero attached hydrogens (tertiary/aromatic N) is 3. The van der Waals surface area contributed by atoms with Crippen LogP contribution in [0.3, 0.4) is 0 Å². The summed E-state index contributed by atoms with van der Waals surface area (Å²) in [5.74, 6) is -4.26. The van der Waals surface area contributed by atoms with Crippen molar-refractivity contribution in [1.82, 2.24) is 36.1 Å². The lowest BCUT2D eigenvalue weighted by Gasteiger charge is -2.22. The molecule has 4 amide bonds. The predicted molar refractivity (Wildman–Crippen MR) is 250 cm³/mol. The highest BCUT2D eigenvalue weighted by atomic mass is 16.4. The highest BCUT2D eigenvalue weighted by molar-refractivity contribution is 6.06. The van der Waals surface area contributed by atoms with Gasteiger partial charge in [0.15, 0.2) is 11.6 Å². The van der Waals surface area contributed by atoms with Crippen LogP contribution in [0.4, 0.5) is 4.79 Å². The van der Waals surface area contributed by atoms with E-state index < -0.39 is 71.0 Å². The average Bonchev–Trinajstić information content (AvgIpc) is 3.33. The van der Waals surface area contributed by atoms with Crippen molar-refractivity contribution in [3.8, 4) is 0 Å². The van der Waals surface area contributed by atoms with Crippen LogP contribution in [-0.2, 0) is 56.2 Å². The topological polar surface area (TPSA) is 329 Å². The second-order valence-electron chi connectivity index (χ2n) is 16.2. The molecule has 21 heteroatoms. The molecule has 0 aliphatic rings. The number of rotatable bonds is 30. The van der Waals surface area contributed by atoms with E-state index in [4.69, 9.17) is 15.1 Å². The van der Waals surface area contributed by atoms with E-state index in [1.165, 1.54) is 0 Å². The van der Waals surface area contributed by atoms with Crippen molar-refractivity contribution in [2.45, 2.75) is 108 Å². The number of nitrogens with one attached hydrogen (secondary N) is 4. The number of carboxylic acids is 4. The molecule has 70 heavy (non-hydrogen) atoms. The number of benzene rings is 2. The molecule has 0 bridgehead atoms. The second kappa shape index (κ2) is 28.1. The van der Waals surface area contributed by atoms with E-state index in [2.05, 4.69) is 15.5 Å². The Balaban J connectivity index is 1.14. The first kappa shape index (κ1) is 54.3. The molecule has 0 saturated heterocycles. The number of unbranched alkanes of at least 4 members (excludes halogenated alkanes) is 4. The minimum absolute atomic E-state index is 0.00222. The number of aliphatic carboxylic acids is 4. The molecule has 2 heterocycles. The van der Waals surface area contributed by atoms with Gasteiger partial charge in [0.1, 0.15) is 35.6 Å². The SMILES string of the molecule is O=C=C(CCCC(NC(=O)NC(C(=O)O)C(=C=O)C(=C=O)C(=O)O)C(=O)O)NC(=O)CCCCCCC(=O)NC(CCCCN(Cc1ccc2ccccc2n1)Cc1ccc2ccccc2n1)C(=O)O. The van der Waals surface area contributed by atoms with Gasteiger partial charge in [0.2, 0.25) is 11.8 Å². The fourth-order valence-corrected chi connectivity index (χ4v) is 7.36. The van der Waals surface area contributed by atoms with E-state index in [1.54, 1.807) is 11.3 Å². The van der Waals surface area contributed by atoms with Crippen LogP contribution in [0.2, 0.25) is 0 Å². The quantitative estimate of drug-likeness (QED) is 0.0160. The number of fused-ring (bicyclic) bond motifs is 2. The molecular weight excluding hydrogens is 911 g/mol. The molecule has 0 aliphatic heterocycles. The monoisotopic (exact) mass is 963 g/mol. The number of carbonyl (C=O) groups excluding carboxylic acids is 6. The largest absolute Gasteiger partial charge is 0.480 e. The number of aromatic nitrogens is 2. The van der Waals surface area contributed by atoms with Crippen LogP contribution in [-0.4, -0.2) is 120 Å². The summed E-state index contributed by atoms with van der Waals surface area (Å²) in [5.41, 5.74) is 0.683. The van der Waals surface area contributed by atoms with Gasteiger partial charge in [-0.25, -0.2) is 38.4 Å². The number of amides is 4. The Labute approximate surface area is 400 Å². The van der Waals surface area contributed by atoms with Crippen LogP contribution in [0, 0.1) is 0 Å². The van der Waals surface area contributed by atoms with E-state index in [9.17, 15) is 63.3 Å². The average molecular weight is 964 g/mol. The summed E-state index contributed by atoms with van der Waals surface area (Å²) >= 11 is 0. The Bertz CT molecular complexity index is 2630. The number of hydrogen-bond acceptors (Lipinski definition) is 13. The Morgan fingerprint density at radius 3 is 1.60 bits per heavy atom. The molecule has 8 N–H and O–H groups in total. The van der Waals surface area contributed by atoms with E-state index in [0.29, 0.717) is 58.2 Å². The second-order valence-corrected chi connectivity index (χ2v) is 16.2. The fourth-order valence-electron chi connectivity index (χ4n) is 7.36. The summed E-state index contributed by atoms with van der Waals surface area (Å²) < 4.78 is 0. The first-order valence-electron chi connectivity index (χ1n) is 22.4. The summed E-state index contributed by atoms with van der Waals surface area (Å²) in [6, 6.07) is 17.2. The fraction of sp³-hybridized carbons (Fsp3) is 0.367. The van der Waals surface area contributed by atoms with E-state index in [-0.39, 0.29) is 44.2 Å². The molecule has 0 fully saturated rings. The molecule has 21 nitrogen and oxygen atoms in total. The van der Waals surface area contributed by atoms with Crippen LogP contribution >= 0.6 is 0 Å². The maximum atomic E-state index is 12.7. The van der Waals surface area contributed by atoms with Gasteiger partial charge >= 0.3 is 29.9 Å². The minimum atomic E-state index is -2.40. The van der Waals surface area contributed by atoms with E-state index in [0.717, 1.165) is 45.1 Å². The van der Waals surface area contributed by atoms with E-state index >= 15 is 0 Å². The van der Waals surface area contributed by atoms with Crippen LogP contribution in [0.1, 0.15) is 88.4 Å². The van der Waals surface area contributed by atoms with Crippen LogP contribution in [0.5, 0.6) is 0 Å². The molecule has 0 aliphatic carbocycles. The molecule has 2 aromatic carbocycles. The Hall–Kier alpha value is -8.34. The Kier molecular flexibility index (Phi) is 21.8. The van der Waals surface area contributed by atoms with E-state index in [1.807, 2.05) is 78.1 Å². The van der Waals surface area contributed by atoms with Gasteiger partial charge in [0.05, 0.1) is 28.0 Å². The highest BCUT2D eigenvalue weighted by Gasteiger charge is 2.33. The zero-order chi connectivity index (χ0) is 51.0. The van der Waals surface area contributed by atoms with Gasteiger partial charge in [0.25, 0.3) is 0 Å². The maximum absolute atomic E-state index is 12.7. The van der Waals surface area contributed by atoms with Gasteiger partial charge in [-0.2, -0.15) is 0 Å². The molecule has 0 spiro atoms. The van der Waals surface area contributed by atoms with Crippen molar-refractivity contribution in [2.75, 3.05) is 6.54 Å². The van der Waals surface area contributed by atoms with Gasteiger partial charge in [0, 0.05) is 36.7 Å². The predicted octanol–water partition coefficient (Wildman–Crippen LogP) is 3.67. The van der Waals surface area contributed by atoms with Crippen molar-refractivity contribution in [3.63, 3.8) is 0 Å². The molecular formula is C49H53N7O14. The minimum Gasteiger partial charge on any atom is -0.480 e. The number of pyridine rings is 2. The maximum Gasteiger partial charge on any atom is 0.348 e. The van der Waals surface area contributed by atoms with Crippen LogP contribution in [0.25, 0.3) is 21.8 Å². The van der Waals surface area contributed by atoms with Crippen molar-refractivity contribution >= 4 is 81.4 Å². The summed E-state index contributed by atoms with van der Waals surface area (Å²) in [5, 5.41) is 48.5. The zero-order valence-electron chi connectivity index (χ0n) is 38.0. The zero-order valence-corrected chi connectivity index (χ0v) is 38.0. The number of hydrogen-bond donors (Lipinski definition) is 8. The number of allylic oxidation sites excluding steroid dienone is 1. The molecule has 2 aromatic heterocycles. The molecule has 4 aromatic rings. The first-order valence-corrected chi connectivity index (χ1v) is 22.4. The van der Waals surface area contributed by atoms with Crippen LogP contribution < -0.4 is 21.3 Å². The van der Waals surface area contributed by atoms with Gasteiger partial charge in [-0.1, -0.05) is 61.4 Å². The lowest BCUT2D eigenvalue weighted by Crippen LogP contribution is -2.52. The standard InChI is InChI=1S/C49H53N7O14/c57-28-35(14-11-18-41(47(66)67)54-49(70)55-44(48(68)69)36(29-58)37(30-59)45(62)63)52-42(60)19-3-1-2-4-20-43(61)53-40(46(64)65)17-9-10-25-56(26-33-23-21-31-12-5-7-15-38(31)50-33)27-34-24-22-32-13-6-8-16-39(32)51-34/h5-8,12-13,15-16,21-24,40-41,44H,1-4,9-11,14,17-20,25-27H2,(H,52,60)(H,53,61)(H,62,63)(H,64,65)(H,66,67)(H,68,69)(H2,54,55,70). The number of para-hydroxylation sites is 2. The number of carboxylic acid groups (broad SMARTS) is 4. The Morgan fingerprint density at radius 2 is 1.09 bits per heavy atom. The smallest absolute Gasteiger partial charge is 0.348 e. The highest BCUT2D eigenvalue weighted by Crippen LogP contribution is 2.18. The summed E-state index contributed by atoms with van der Waals surface area (Å²) in [4.78, 5) is 130. The third-order valence-corrected chi connectivity index (χ3v) is 10.9. The van der Waals surface area contributed by atoms with Gasteiger partial charge in [-0.05, 0) is 82.2 Å². The lowest BCUT2D eigenvalue weighted by atomic mass is 10.0. The molecule has 368 valence electrons. The lowest BCUT2D eigenvalue weighted by molar-refractivity contribution is -0.142. The van der Waals surface area contributed by atoms with Gasteiger partial charge in [-0.3, -0.25) is 24.5 Å². The Morgan fingerprint density at radius 1 is 0.543 bits per heavy atom. The van der Waals surface area contributed by atoms with Crippen molar-refractivity contribution in [3.05, 3.63) is 101 Å². The third kappa shape index (κ3) is 17.7.